The zero-order chi connectivity index (χ0) is 72.6. The third-order valence-electron chi connectivity index (χ3n) is 32.0. The van der Waals surface area contributed by atoms with Crippen LogP contribution in [0.2, 0.25) is 0 Å². The van der Waals surface area contributed by atoms with Gasteiger partial charge in [0.15, 0.2) is 17.7 Å². The summed E-state index contributed by atoms with van der Waals surface area (Å²) in [7, 11) is 0. The number of ether oxygens (including phenoxy) is 3. The highest BCUT2D eigenvalue weighted by Gasteiger charge is 2.73. The molecule has 2 aromatic carbocycles. The highest BCUT2D eigenvalue weighted by molar-refractivity contribution is 6.04. The number of carbonyl (C=O) groups is 6. The Balaban J connectivity index is 0.000000173. The van der Waals surface area contributed by atoms with E-state index in [9.17, 15) is 28.8 Å². The van der Waals surface area contributed by atoms with Crippen molar-refractivity contribution in [1.82, 2.24) is 15.1 Å². The molecule has 10 fully saturated rings. The molecular formula is C88H130N4O9. The fourth-order valence-electron chi connectivity index (χ4n) is 25.9. The van der Waals surface area contributed by atoms with Gasteiger partial charge in [-0.25, -0.2) is 0 Å². The number of Topliss-reactive ketones (excluding diaryl/α,β-unsaturated/α-hetero) is 2. The van der Waals surface area contributed by atoms with E-state index in [0.717, 1.165) is 147 Å². The van der Waals surface area contributed by atoms with E-state index in [1.54, 1.807) is 0 Å². The van der Waals surface area contributed by atoms with E-state index in [1.807, 2.05) is 60.7 Å². The van der Waals surface area contributed by atoms with Gasteiger partial charge in [-0.3, -0.25) is 28.8 Å². The van der Waals surface area contributed by atoms with Crippen LogP contribution in [-0.4, -0.2) is 104 Å². The Bertz CT molecular complexity index is 3460. The minimum atomic E-state index is -0.674. The number of nitrogens with one attached hydrogen (secondary N) is 1. The molecule has 3 N–H and O–H groups in total. The molecule has 16 atom stereocenters. The van der Waals surface area contributed by atoms with Gasteiger partial charge in [-0.05, 0) is 257 Å². The summed E-state index contributed by atoms with van der Waals surface area (Å²) in [6.07, 6.45) is 26.5. The van der Waals surface area contributed by atoms with Crippen LogP contribution in [0.5, 0.6) is 0 Å². The molecule has 0 bridgehead atoms. The predicted molar refractivity (Wildman–Crippen MR) is 399 cm³/mol. The van der Waals surface area contributed by atoms with Crippen LogP contribution in [0.3, 0.4) is 0 Å². The summed E-state index contributed by atoms with van der Waals surface area (Å²) in [6.45, 7) is 42.1. The molecule has 0 spiro atoms. The number of carbonyl (C=O) groups excluding carboxylic acids is 6. The van der Waals surface area contributed by atoms with E-state index in [4.69, 9.17) is 19.9 Å². The molecule has 2 saturated heterocycles. The van der Waals surface area contributed by atoms with Gasteiger partial charge in [-0.2, -0.15) is 0 Å². The first-order valence-electron chi connectivity index (χ1n) is 40.1. The van der Waals surface area contributed by atoms with Gasteiger partial charge in [-0.15, -0.1) is 0 Å². The number of nitrogens with two attached hydrogens (primary N) is 1. The Morgan fingerprint density at radius 1 is 0.515 bits per heavy atom. The lowest BCUT2D eigenvalue weighted by atomic mass is 9.33. The van der Waals surface area contributed by atoms with Crippen molar-refractivity contribution in [2.75, 3.05) is 52.4 Å². The normalized spacial score (nSPS) is 39.9. The Labute approximate surface area is 608 Å². The minimum Gasteiger partial charge on any atom is -0.460 e. The Morgan fingerprint density at radius 3 is 1.37 bits per heavy atom. The average molecular weight is 1390 g/mol. The molecule has 2 aromatic rings. The molecule has 556 valence electrons. The van der Waals surface area contributed by atoms with E-state index in [-0.39, 0.29) is 96.4 Å². The van der Waals surface area contributed by atoms with Crippen molar-refractivity contribution in [2.45, 2.75) is 258 Å². The maximum atomic E-state index is 14.3. The first kappa shape index (κ1) is 75.7. The molecule has 13 heteroatoms. The van der Waals surface area contributed by atoms with Crippen molar-refractivity contribution in [3.8, 4) is 0 Å². The summed E-state index contributed by atoms with van der Waals surface area (Å²) in [5.41, 5.74) is 8.42. The molecule has 2 aliphatic heterocycles. The molecule has 4 unspecified atom stereocenters. The molecule has 1 amide bonds. The lowest BCUT2D eigenvalue weighted by molar-refractivity contribution is -0.204. The Morgan fingerprint density at radius 2 is 0.931 bits per heavy atom. The van der Waals surface area contributed by atoms with Crippen molar-refractivity contribution in [1.29, 1.82) is 0 Å². The van der Waals surface area contributed by atoms with Gasteiger partial charge in [0.05, 0.1) is 16.7 Å². The number of allylic oxidation sites excluding steroid dienone is 4. The Hall–Kier alpha value is -4.98. The molecule has 8 saturated carbocycles. The van der Waals surface area contributed by atoms with Crippen molar-refractivity contribution in [3.63, 3.8) is 0 Å². The van der Waals surface area contributed by atoms with Crippen molar-refractivity contribution >= 4 is 35.9 Å². The fraction of sp³-hybridized carbons (Fsp3) is 0.750. The zero-order valence-electron chi connectivity index (χ0n) is 64.9. The third-order valence-corrected chi connectivity index (χ3v) is 32.0. The largest absolute Gasteiger partial charge is 0.460 e. The second kappa shape index (κ2) is 28.1. The van der Waals surface area contributed by atoms with Gasteiger partial charge in [0.25, 0.3) is 6.47 Å². The zero-order valence-corrected chi connectivity index (χ0v) is 64.9. The number of benzene rings is 2. The molecule has 13 nitrogen and oxygen atoms in total. The quantitative estimate of drug-likeness (QED) is 0.0603. The second-order valence-corrected chi connectivity index (χ2v) is 38.9. The number of likely N-dealkylation sites (tertiary alicyclic amines) is 2. The smallest absolute Gasteiger partial charge is 0.313 e. The highest BCUT2D eigenvalue weighted by Crippen LogP contribution is 2.78. The molecule has 10 aliphatic carbocycles. The lowest BCUT2D eigenvalue weighted by Gasteiger charge is -2.71. The number of hydrogen-bond acceptors (Lipinski definition) is 12. The number of rotatable bonds is 14. The van der Waals surface area contributed by atoms with E-state index < -0.39 is 33.7 Å². The van der Waals surface area contributed by atoms with Crippen molar-refractivity contribution in [3.05, 3.63) is 95.1 Å². The van der Waals surface area contributed by atoms with Crippen LogP contribution in [-0.2, 0) is 56.2 Å². The number of fused-ring (bicyclic) bond motifs is 14. The van der Waals surface area contributed by atoms with E-state index in [0.29, 0.717) is 50.9 Å². The van der Waals surface area contributed by atoms with Crippen LogP contribution in [0.1, 0.15) is 249 Å². The minimum absolute atomic E-state index is 0.00104. The Kier molecular flexibility index (Phi) is 21.0. The van der Waals surface area contributed by atoms with Gasteiger partial charge in [0, 0.05) is 37.0 Å². The predicted octanol–water partition coefficient (Wildman–Crippen LogP) is 16.8. The second-order valence-electron chi connectivity index (χ2n) is 38.9. The maximum Gasteiger partial charge on any atom is 0.313 e. The number of hydrogen-bond donors (Lipinski definition) is 2. The summed E-state index contributed by atoms with van der Waals surface area (Å²) >= 11 is 0. The lowest BCUT2D eigenvalue weighted by Crippen LogP contribution is -2.66. The van der Waals surface area contributed by atoms with Crippen LogP contribution in [0, 0.1) is 106 Å². The standard InChI is InChI=1S/C44H64N2O4.C38H52O5.C6H14N2/c1-39(2)19-21-44(38(49)50-29-30-13-9-8-10-14-30)22-20-42(6)32(33(44)28-39)15-16-35-41(5)27-31(37(48)45-23-26-46-24-11-12-25-46)36(47)40(3,4)34(41)17-18-43(35,42)7;1-33(2)17-19-38(32(41)42-23-25-11-9-8-10-12-25)20-18-36(6)26(27(38)21-33)13-14-30-35(5)22-28(43-24-39)31(40)34(3,4)29(35)15-16-37(30,36)7;7-3-6-8-4-1-2-5-8/h8-10,13-15,31,33-35H,11-12,16-29H2,1-7H3,(H,45,48);8-13,24,27-30H,14-23H2,1-7H3;1-7H2/t31?,33-,34-,35?,41-,42+,43+,44-;27-,28?,29-,30?,35-,36+,37+,38-;/m00./s1. The summed E-state index contributed by atoms with van der Waals surface area (Å²) in [6, 6.07) is 20.1. The van der Waals surface area contributed by atoms with Gasteiger partial charge in [0.2, 0.25) is 5.91 Å². The van der Waals surface area contributed by atoms with Gasteiger partial charge in [-0.1, -0.05) is 181 Å². The van der Waals surface area contributed by atoms with Crippen molar-refractivity contribution in [2.24, 2.45) is 112 Å². The van der Waals surface area contributed by atoms with E-state index in [2.05, 4.69) is 124 Å². The van der Waals surface area contributed by atoms with Crippen LogP contribution < -0.4 is 11.1 Å². The van der Waals surface area contributed by atoms with E-state index in [1.165, 1.54) is 49.9 Å². The van der Waals surface area contributed by atoms with Crippen molar-refractivity contribution < 1.29 is 43.0 Å². The first-order valence-corrected chi connectivity index (χ1v) is 40.1. The van der Waals surface area contributed by atoms with Crippen LogP contribution in [0.4, 0.5) is 0 Å². The third kappa shape index (κ3) is 13.0. The maximum absolute atomic E-state index is 14.3. The monoisotopic (exact) mass is 1390 g/mol. The van der Waals surface area contributed by atoms with Crippen LogP contribution >= 0.6 is 0 Å². The molecule has 0 radical (unpaired) electrons. The molecule has 101 heavy (non-hydrogen) atoms. The molecular weight excluding hydrogens is 1260 g/mol. The number of ketones is 2. The van der Waals surface area contributed by atoms with Gasteiger partial charge >= 0.3 is 11.9 Å². The van der Waals surface area contributed by atoms with Crippen LogP contribution in [0.15, 0.2) is 84.0 Å². The average Bonchev–Trinajstić information content (AvgIpc) is 0.821. The first-order chi connectivity index (χ1) is 47.7. The number of esters is 2. The topological polar surface area (TPSA) is 175 Å². The molecule has 14 rings (SSSR count). The van der Waals surface area contributed by atoms with Gasteiger partial charge in [0.1, 0.15) is 13.2 Å². The van der Waals surface area contributed by atoms with Crippen LogP contribution in [0.25, 0.3) is 0 Å². The van der Waals surface area contributed by atoms with E-state index >= 15 is 0 Å². The fourth-order valence-corrected chi connectivity index (χ4v) is 25.9. The SMILES string of the molecule is CC1(C)CC[C@]2(C(=O)OCc3ccccc3)CC[C@]3(C)C(=CCC4[C@@]5(C)CC(C(=O)NCCN6CCCC6)C(=O)C(C)(C)[C@@H]5CC[C@]43C)[C@@H]2C1.CC1(C)CC[C@]2(C(=O)OCc3ccccc3)CC[C@]3(C)C(=CCC4[C@@]5(C)CC(OC=O)C(=O)C(C)(C)[C@@H]5CC[C@]43C)[C@@H]2C1.NCCN1CCCC1. The number of amides is 1. The number of nitrogens with zero attached hydrogens (tertiary/aromatic N) is 2. The summed E-state index contributed by atoms with van der Waals surface area (Å²) in [4.78, 5) is 86.4. The summed E-state index contributed by atoms with van der Waals surface area (Å²) < 4.78 is 17.8. The summed E-state index contributed by atoms with van der Waals surface area (Å²) in [5.74, 6) is 1.13. The summed E-state index contributed by atoms with van der Waals surface area (Å²) in [5, 5.41) is 3.21. The molecule has 12 aliphatic rings. The van der Waals surface area contributed by atoms with Gasteiger partial charge < -0.3 is 35.1 Å². The highest BCUT2D eigenvalue weighted by atomic mass is 16.5. The molecule has 2 heterocycles. The molecule has 0 aromatic heterocycles.